The van der Waals surface area contributed by atoms with Crippen LogP contribution in [0.5, 0.6) is 0 Å². The predicted octanol–water partition coefficient (Wildman–Crippen LogP) is 3.96. The van der Waals surface area contributed by atoms with Crippen LogP contribution in [0.4, 0.5) is 0 Å². The molecule has 1 aromatic heterocycles. The first-order valence-electron chi connectivity index (χ1n) is 10.1. The molecule has 2 heterocycles. The molecule has 3 aromatic rings. The van der Waals surface area contributed by atoms with Crippen molar-refractivity contribution >= 4 is 22.6 Å². The lowest BCUT2D eigenvalue weighted by molar-refractivity contribution is -0.127. The lowest BCUT2D eigenvalue weighted by Gasteiger charge is -2.33. The zero-order chi connectivity index (χ0) is 20.2. The first-order chi connectivity index (χ1) is 14.1. The van der Waals surface area contributed by atoms with Crippen molar-refractivity contribution in [3.05, 3.63) is 78.1 Å². The van der Waals surface area contributed by atoms with Crippen LogP contribution in [0.3, 0.4) is 0 Å². The lowest BCUT2D eigenvalue weighted by Crippen LogP contribution is -2.45. The van der Waals surface area contributed by atoms with Gasteiger partial charge in [-0.15, -0.1) is 0 Å². The van der Waals surface area contributed by atoms with Crippen molar-refractivity contribution in [3.63, 3.8) is 0 Å². The number of benzene rings is 2. The van der Waals surface area contributed by atoms with Gasteiger partial charge in [-0.3, -0.25) is 14.6 Å². The highest BCUT2D eigenvalue weighted by Crippen LogP contribution is 2.24. The summed E-state index contributed by atoms with van der Waals surface area (Å²) in [7, 11) is 0. The third-order valence-corrected chi connectivity index (χ3v) is 5.66. The molecule has 1 fully saturated rings. The number of likely N-dealkylation sites (tertiary alicyclic amines) is 1. The van der Waals surface area contributed by atoms with Crippen LogP contribution in [0.1, 0.15) is 41.7 Å². The zero-order valence-electron chi connectivity index (χ0n) is 16.5. The number of hydrogen-bond acceptors (Lipinski definition) is 3. The number of aromatic nitrogens is 1. The fourth-order valence-electron chi connectivity index (χ4n) is 4.02. The van der Waals surface area contributed by atoms with Crippen molar-refractivity contribution in [1.29, 1.82) is 0 Å². The van der Waals surface area contributed by atoms with Gasteiger partial charge in [0.1, 0.15) is 0 Å². The van der Waals surface area contributed by atoms with Crippen LogP contribution in [0, 0.1) is 5.92 Å². The van der Waals surface area contributed by atoms with E-state index in [4.69, 9.17) is 0 Å². The fourth-order valence-corrected chi connectivity index (χ4v) is 4.02. The second-order valence-corrected chi connectivity index (χ2v) is 7.63. The highest BCUT2D eigenvalue weighted by atomic mass is 16.2. The average molecular weight is 387 g/mol. The highest BCUT2D eigenvalue weighted by Gasteiger charge is 2.30. The summed E-state index contributed by atoms with van der Waals surface area (Å²) in [4.78, 5) is 31.9. The van der Waals surface area contributed by atoms with Crippen LogP contribution < -0.4 is 5.32 Å². The molecule has 0 bridgehead atoms. The fraction of sp³-hybridized carbons (Fsp3) is 0.292. The minimum atomic E-state index is -0.188. The normalized spacial score (nSPS) is 17.7. The van der Waals surface area contributed by atoms with Crippen LogP contribution in [0.2, 0.25) is 0 Å². The van der Waals surface area contributed by atoms with Crippen molar-refractivity contribution in [2.24, 2.45) is 5.92 Å². The molecule has 0 aliphatic carbocycles. The quantitative estimate of drug-likeness (QED) is 0.737. The van der Waals surface area contributed by atoms with Crippen molar-refractivity contribution < 1.29 is 9.59 Å². The number of hydrogen-bond donors (Lipinski definition) is 1. The van der Waals surface area contributed by atoms with Crippen molar-refractivity contribution in [3.8, 4) is 0 Å². The highest BCUT2D eigenvalue weighted by molar-refractivity contribution is 6.07. The van der Waals surface area contributed by atoms with E-state index in [2.05, 4.69) is 10.3 Å². The summed E-state index contributed by atoms with van der Waals surface area (Å²) in [6.07, 6.45) is 5.08. The number of nitrogens with one attached hydrogen (secondary N) is 1. The SMILES string of the molecule is CC(NC(=O)C1CCCN(C(=O)c2cccc3ccccc23)C1)c1ccncc1. The van der Waals surface area contributed by atoms with Gasteiger partial charge in [-0.1, -0.05) is 36.4 Å². The average Bonchev–Trinajstić information content (AvgIpc) is 2.79. The Morgan fingerprint density at radius 2 is 1.83 bits per heavy atom. The Balaban J connectivity index is 1.46. The molecule has 2 unspecified atom stereocenters. The van der Waals surface area contributed by atoms with Crippen LogP contribution >= 0.6 is 0 Å². The van der Waals surface area contributed by atoms with E-state index in [0.29, 0.717) is 18.7 Å². The predicted molar refractivity (Wildman–Crippen MR) is 113 cm³/mol. The maximum absolute atomic E-state index is 13.2. The third kappa shape index (κ3) is 4.14. The van der Waals surface area contributed by atoms with Crippen molar-refractivity contribution in [2.75, 3.05) is 13.1 Å². The molecule has 2 atom stereocenters. The largest absolute Gasteiger partial charge is 0.349 e. The van der Waals surface area contributed by atoms with Crippen LogP contribution in [-0.2, 0) is 4.79 Å². The van der Waals surface area contributed by atoms with Gasteiger partial charge in [0.2, 0.25) is 5.91 Å². The van der Waals surface area contributed by atoms with E-state index in [0.717, 1.165) is 29.2 Å². The molecule has 2 amide bonds. The van der Waals surface area contributed by atoms with E-state index in [1.54, 1.807) is 12.4 Å². The Kier molecular flexibility index (Phi) is 5.56. The maximum atomic E-state index is 13.2. The van der Waals surface area contributed by atoms with Gasteiger partial charge >= 0.3 is 0 Å². The molecule has 1 aliphatic rings. The van der Waals surface area contributed by atoms with Gasteiger partial charge in [0.25, 0.3) is 5.91 Å². The molecule has 148 valence electrons. The number of carbonyl (C=O) groups is 2. The summed E-state index contributed by atoms with van der Waals surface area (Å²) >= 11 is 0. The van der Waals surface area contributed by atoms with Crippen LogP contribution in [0.25, 0.3) is 10.8 Å². The number of carbonyl (C=O) groups excluding carboxylic acids is 2. The molecule has 2 aromatic carbocycles. The number of pyridine rings is 1. The van der Waals surface area contributed by atoms with Gasteiger partial charge < -0.3 is 10.2 Å². The second-order valence-electron chi connectivity index (χ2n) is 7.63. The van der Waals surface area contributed by atoms with Gasteiger partial charge in [-0.2, -0.15) is 0 Å². The smallest absolute Gasteiger partial charge is 0.254 e. The van der Waals surface area contributed by atoms with E-state index in [9.17, 15) is 9.59 Å². The van der Waals surface area contributed by atoms with E-state index in [1.807, 2.05) is 66.4 Å². The molecular weight excluding hydrogens is 362 g/mol. The molecule has 5 heteroatoms. The first kappa shape index (κ1) is 19.1. The minimum Gasteiger partial charge on any atom is -0.349 e. The van der Waals surface area contributed by atoms with Gasteiger partial charge in [-0.25, -0.2) is 0 Å². The molecule has 1 saturated heterocycles. The topological polar surface area (TPSA) is 62.3 Å². The Hall–Kier alpha value is -3.21. The van der Waals surface area contributed by atoms with Crippen molar-refractivity contribution in [2.45, 2.75) is 25.8 Å². The molecule has 4 rings (SSSR count). The summed E-state index contributed by atoms with van der Waals surface area (Å²) in [5.74, 6) is -0.182. The van der Waals surface area contributed by atoms with Gasteiger partial charge in [0.05, 0.1) is 12.0 Å². The maximum Gasteiger partial charge on any atom is 0.254 e. The molecule has 1 N–H and O–H groups in total. The van der Waals surface area contributed by atoms with E-state index < -0.39 is 0 Å². The molecule has 0 radical (unpaired) electrons. The van der Waals surface area contributed by atoms with Gasteiger partial charge in [0.15, 0.2) is 0 Å². The number of nitrogens with zero attached hydrogens (tertiary/aromatic N) is 2. The third-order valence-electron chi connectivity index (χ3n) is 5.66. The van der Waals surface area contributed by atoms with Crippen molar-refractivity contribution in [1.82, 2.24) is 15.2 Å². The molecular formula is C24H25N3O2. The minimum absolute atomic E-state index is 0.00137. The molecule has 0 spiro atoms. The number of rotatable bonds is 4. The van der Waals surface area contributed by atoms with Gasteiger partial charge in [-0.05, 0) is 54.3 Å². The second kappa shape index (κ2) is 8.43. The summed E-state index contributed by atoms with van der Waals surface area (Å²) < 4.78 is 0. The number of amides is 2. The van der Waals surface area contributed by atoms with Crippen LogP contribution in [-0.4, -0.2) is 34.8 Å². The Labute approximate surface area is 170 Å². The van der Waals surface area contributed by atoms with E-state index >= 15 is 0 Å². The standard InChI is InChI=1S/C24H25N3O2/c1-17(18-11-13-25-14-12-18)26-23(28)20-8-5-15-27(16-20)24(29)22-10-4-7-19-6-2-3-9-21(19)22/h2-4,6-7,9-14,17,20H,5,8,15-16H2,1H3,(H,26,28). The Bertz CT molecular complexity index is 1010. The first-order valence-corrected chi connectivity index (χ1v) is 10.1. The van der Waals surface area contributed by atoms with E-state index in [1.165, 1.54) is 0 Å². The molecule has 0 saturated carbocycles. The zero-order valence-corrected chi connectivity index (χ0v) is 16.5. The molecule has 5 nitrogen and oxygen atoms in total. The Morgan fingerprint density at radius 1 is 1.07 bits per heavy atom. The lowest BCUT2D eigenvalue weighted by atomic mass is 9.95. The van der Waals surface area contributed by atoms with Gasteiger partial charge in [0, 0.05) is 31.0 Å². The summed E-state index contributed by atoms with van der Waals surface area (Å²) in [5, 5.41) is 5.10. The molecule has 29 heavy (non-hydrogen) atoms. The van der Waals surface area contributed by atoms with E-state index in [-0.39, 0.29) is 23.8 Å². The Morgan fingerprint density at radius 3 is 2.66 bits per heavy atom. The summed E-state index contributed by atoms with van der Waals surface area (Å²) in [6.45, 7) is 3.11. The van der Waals surface area contributed by atoms with Crippen LogP contribution in [0.15, 0.2) is 67.0 Å². The monoisotopic (exact) mass is 387 g/mol. The number of piperidine rings is 1. The molecule has 1 aliphatic heterocycles. The summed E-state index contributed by atoms with van der Waals surface area (Å²) in [5.41, 5.74) is 1.72. The summed E-state index contributed by atoms with van der Waals surface area (Å²) in [6, 6.07) is 17.4. The number of fused-ring (bicyclic) bond motifs is 1.